The SMILES string of the molecule is O=C(NCCC(=O)n1ccccc1=NC1CCCCC1)c1ccoc1. The van der Waals surface area contributed by atoms with Crippen LogP contribution in [0.3, 0.4) is 0 Å². The molecule has 2 heterocycles. The van der Waals surface area contributed by atoms with Gasteiger partial charge >= 0.3 is 0 Å². The molecule has 6 heteroatoms. The van der Waals surface area contributed by atoms with Crippen molar-refractivity contribution in [3.8, 4) is 0 Å². The van der Waals surface area contributed by atoms with Crippen LogP contribution in [-0.4, -0.2) is 29.0 Å². The lowest BCUT2D eigenvalue weighted by molar-refractivity contribution is 0.0888. The van der Waals surface area contributed by atoms with Gasteiger partial charge in [0.25, 0.3) is 5.91 Å². The highest BCUT2D eigenvalue weighted by Crippen LogP contribution is 2.19. The summed E-state index contributed by atoms with van der Waals surface area (Å²) in [5.41, 5.74) is 1.15. The van der Waals surface area contributed by atoms with Gasteiger partial charge in [-0.1, -0.05) is 25.3 Å². The normalized spacial score (nSPS) is 15.9. The van der Waals surface area contributed by atoms with Crippen molar-refractivity contribution in [2.75, 3.05) is 6.54 Å². The molecule has 2 aromatic heterocycles. The molecule has 0 unspecified atom stereocenters. The van der Waals surface area contributed by atoms with Crippen LogP contribution in [0.1, 0.15) is 53.7 Å². The summed E-state index contributed by atoms with van der Waals surface area (Å²) < 4.78 is 6.46. The van der Waals surface area contributed by atoms with Gasteiger partial charge in [0.2, 0.25) is 5.91 Å². The number of aromatic nitrogens is 1. The van der Waals surface area contributed by atoms with Crippen molar-refractivity contribution in [1.29, 1.82) is 0 Å². The second-order valence-electron chi connectivity index (χ2n) is 6.26. The van der Waals surface area contributed by atoms with Crippen molar-refractivity contribution < 1.29 is 14.0 Å². The van der Waals surface area contributed by atoms with Crippen LogP contribution in [0.2, 0.25) is 0 Å². The quantitative estimate of drug-likeness (QED) is 0.908. The fourth-order valence-electron chi connectivity index (χ4n) is 3.05. The Kier molecular flexibility index (Phi) is 5.82. The molecular weight excluding hydrogens is 318 g/mol. The molecule has 2 aromatic rings. The van der Waals surface area contributed by atoms with Crippen LogP contribution in [0.25, 0.3) is 0 Å². The standard InChI is InChI=1S/C19H23N3O3/c23-18(9-11-20-19(24)15-10-13-25-14-15)22-12-5-4-8-17(22)21-16-6-2-1-3-7-16/h4-5,8,10,12-14,16H,1-3,6-7,9,11H2,(H,20,24). The van der Waals surface area contributed by atoms with E-state index in [0.29, 0.717) is 17.1 Å². The average molecular weight is 341 g/mol. The number of nitrogens with one attached hydrogen (secondary N) is 1. The van der Waals surface area contributed by atoms with Crippen molar-refractivity contribution in [2.24, 2.45) is 4.99 Å². The zero-order chi connectivity index (χ0) is 17.5. The third-order valence-electron chi connectivity index (χ3n) is 4.40. The lowest BCUT2D eigenvalue weighted by Gasteiger charge is -2.17. The summed E-state index contributed by atoms with van der Waals surface area (Å²) in [6.07, 6.45) is 10.6. The van der Waals surface area contributed by atoms with Crippen molar-refractivity contribution in [1.82, 2.24) is 9.88 Å². The monoisotopic (exact) mass is 341 g/mol. The van der Waals surface area contributed by atoms with Gasteiger partial charge in [0.05, 0.1) is 17.9 Å². The molecule has 25 heavy (non-hydrogen) atoms. The summed E-state index contributed by atoms with van der Waals surface area (Å²) in [7, 11) is 0. The smallest absolute Gasteiger partial charge is 0.254 e. The summed E-state index contributed by atoms with van der Waals surface area (Å²) in [6.45, 7) is 0.271. The third kappa shape index (κ3) is 4.68. The van der Waals surface area contributed by atoms with E-state index in [9.17, 15) is 9.59 Å². The molecule has 0 radical (unpaired) electrons. The number of nitrogens with zero attached hydrogens (tertiary/aromatic N) is 2. The molecule has 1 aliphatic rings. The number of hydrogen-bond donors (Lipinski definition) is 1. The first-order valence-electron chi connectivity index (χ1n) is 8.79. The van der Waals surface area contributed by atoms with E-state index < -0.39 is 0 Å². The molecule has 0 atom stereocenters. The lowest BCUT2D eigenvalue weighted by atomic mass is 9.96. The van der Waals surface area contributed by atoms with Crippen LogP contribution in [0.15, 0.2) is 52.4 Å². The molecule has 0 saturated heterocycles. The Morgan fingerprint density at radius 2 is 2.04 bits per heavy atom. The first-order chi connectivity index (χ1) is 12.2. The molecular formula is C19H23N3O3. The summed E-state index contributed by atoms with van der Waals surface area (Å²) in [4.78, 5) is 29.1. The minimum Gasteiger partial charge on any atom is -0.472 e. The van der Waals surface area contributed by atoms with E-state index in [1.807, 2.05) is 18.2 Å². The van der Waals surface area contributed by atoms with Crippen LogP contribution >= 0.6 is 0 Å². The predicted molar refractivity (Wildman–Crippen MR) is 93.2 cm³/mol. The number of pyridine rings is 1. The predicted octanol–water partition coefficient (Wildman–Crippen LogP) is 2.77. The van der Waals surface area contributed by atoms with Crippen LogP contribution in [-0.2, 0) is 0 Å². The van der Waals surface area contributed by atoms with Crippen LogP contribution in [0.5, 0.6) is 0 Å². The van der Waals surface area contributed by atoms with Crippen LogP contribution in [0.4, 0.5) is 0 Å². The van der Waals surface area contributed by atoms with Crippen molar-refractivity contribution in [3.63, 3.8) is 0 Å². The molecule has 0 aromatic carbocycles. The maximum absolute atomic E-state index is 12.5. The number of carbonyl (C=O) groups is 2. The van der Waals surface area contributed by atoms with E-state index in [4.69, 9.17) is 9.41 Å². The third-order valence-corrected chi connectivity index (χ3v) is 4.40. The van der Waals surface area contributed by atoms with E-state index in [2.05, 4.69) is 5.32 Å². The second-order valence-corrected chi connectivity index (χ2v) is 6.26. The van der Waals surface area contributed by atoms with Gasteiger partial charge in [-0.3, -0.25) is 19.1 Å². The van der Waals surface area contributed by atoms with Crippen molar-refractivity contribution in [3.05, 3.63) is 54.0 Å². The highest BCUT2D eigenvalue weighted by molar-refractivity contribution is 5.94. The molecule has 0 spiro atoms. The van der Waals surface area contributed by atoms with E-state index in [0.717, 1.165) is 12.8 Å². The van der Waals surface area contributed by atoms with Crippen molar-refractivity contribution in [2.45, 2.75) is 44.6 Å². The highest BCUT2D eigenvalue weighted by atomic mass is 16.3. The fourth-order valence-corrected chi connectivity index (χ4v) is 3.05. The summed E-state index contributed by atoms with van der Waals surface area (Å²) in [5.74, 6) is -0.325. The number of furan rings is 1. The van der Waals surface area contributed by atoms with E-state index in [1.54, 1.807) is 16.8 Å². The van der Waals surface area contributed by atoms with Gasteiger partial charge < -0.3 is 9.73 Å². The Morgan fingerprint density at radius 3 is 2.80 bits per heavy atom. The Balaban J connectivity index is 1.62. The lowest BCUT2D eigenvalue weighted by Crippen LogP contribution is -2.32. The van der Waals surface area contributed by atoms with Crippen LogP contribution < -0.4 is 10.8 Å². The van der Waals surface area contributed by atoms with Gasteiger partial charge in [-0.15, -0.1) is 0 Å². The Labute approximate surface area is 146 Å². The van der Waals surface area contributed by atoms with Crippen molar-refractivity contribution >= 4 is 11.8 Å². The molecule has 1 N–H and O–H groups in total. The molecule has 132 valence electrons. The van der Waals surface area contributed by atoms with Gasteiger partial charge in [0, 0.05) is 19.2 Å². The minimum absolute atomic E-state index is 0.0809. The second kappa shape index (κ2) is 8.46. The summed E-state index contributed by atoms with van der Waals surface area (Å²) in [6, 6.07) is 7.48. The molecule has 3 rings (SSSR count). The summed E-state index contributed by atoms with van der Waals surface area (Å²) >= 11 is 0. The van der Waals surface area contributed by atoms with Gasteiger partial charge in [0.1, 0.15) is 11.8 Å². The largest absolute Gasteiger partial charge is 0.472 e. The zero-order valence-electron chi connectivity index (χ0n) is 14.2. The van der Waals surface area contributed by atoms with Gasteiger partial charge in [-0.25, -0.2) is 0 Å². The Bertz CT molecular complexity index is 771. The van der Waals surface area contributed by atoms with E-state index in [1.165, 1.54) is 31.8 Å². The molecule has 0 bridgehead atoms. The average Bonchev–Trinajstić information content (AvgIpc) is 3.18. The van der Waals surface area contributed by atoms with E-state index >= 15 is 0 Å². The Hall–Kier alpha value is -2.63. The maximum Gasteiger partial charge on any atom is 0.254 e. The zero-order valence-corrected chi connectivity index (χ0v) is 14.2. The topological polar surface area (TPSA) is 76.6 Å². The number of hydrogen-bond acceptors (Lipinski definition) is 4. The highest BCUT2D eigenvalue weighted by Gasteiger charge is 2.13. The first-order valence-corrected chi connectivity index (χ1v) is 8.79. The fraction of sp³-hybridized carbons (Fsp3) is 0.421. The number of amides is 1. The Morgan fingerprint density at radius 1 is 1.20 bits per heavy atom. The first kappa shape index (κ1) is 17.2. The molecule has 1 saturated carbocycles. The minimum atomic E-state index is -0.244. The van der Waals surface area contributed by atoms with Crippen LogP contribution in [0, 0.1) is 0 Å². The molecule has 0 aliphatic heterocycles. The van der Waals surface area contributed by atoms with Gasteiger partial charge in [-0.2, -0.15) is 0 Å². The number of carbonyl (C=O) groups excluding carboxylic acids is 2. The maximum atomic E-state index is 12.5. The number of rotatable bonds is 5. The van der Waals surface area contributed by atoms with Gasteiger partial charge in [0.15, 0.2) is 0 Å². The summed E-state index contributed by atoms with van der Waals surface area (Å²) in [5, 5.41) is 2.72. The molecule has 1 fully saturated rings. The van der Waals surface area contributed by atoms with Gasteiger partial charge in [-0.05, 0) is 31.0 Å². The molecule has 6 nitrogen and oxygen atoms in total. The van der Waals surface area contributed by atoms with E-state index in [-0.39, 0.29) is 24.8 Å². The molecule has 1 amide bonds. The molecule has 1 aliphatic carbocycles.